The number of aromatic nitrogens is 3. The van der Waals surface area contributed by atoms with Crippen LogP contribution in [0.5, 0.6) is 0 Å². The number of piperidine rings is 1. The van der Waals surface area contributed by atoms with Gasteiger partial charge in [-0.1, -0.05) is 11.6 Å². The quantitative estimate of drug-likeness (QED) is 0.753. The number of carbonyl (C=O) groups excluding carboxylic acids is 1. The van der Waals surface area contributed by atoms with Crippen LogP contribution in [0.1, 0.15) is 53.1 Å². The third-order valence-electron chi connectivity index (χ3n) is 5.24. The predicted octanol–water partition coefficient (Wildman–Crippen LogP) is 2.99. The third kappa shape index (κ3) is 3.93. The Hall–Kier alpha value is -1.93. The molecule has 0 bridgehead atoms. The molecule has 9 heteroatoms. The summed E-state index contributed by atoms with van der Waals surface area (Å²) in [6.45, 7) is 7.50. The number of likely N-dealkylation sites (tertiary alicyclic amines) is 1. The first-order valence-corrected chi connectivity index (χ1v) is 11.6. The highest BCUT2D eigenvalue weighted by Gasteiger charge is 2.31. The van der Waals surface area contributed by atoms with Gasteiger partial charge in [0.15, 0.2) is 9.84 Å². The molecule has 0 N–H and O–H groups in total. The number of hydrogen-bond acceptors (Lipinski definition) is 5. The molecule has 7 nitrogen and oxygen atoms in total. The summed E-state index contributed by atoms with van der Waals surface area (Å²) in [7, 11) is -3.47. The average molecular weight is 425 g/mol. The molecule has 3 rings (SSSR count). The molecule has 0 aromatic carbocycles. The van der Waals surface area contributed by atoms with Gasteiger partial charge in [-0.2, -0.15) is 5.10 Å². The molecular formula is C19H25ClN4O3S. The SMILES string of the molecule is CCn1nc(C)c(C(=O)N2CCC[C@H](c3ncc(Cl)cc3S(C)(=O)=O)C2)c1C. The van der Waals surface area contributed by atoms with E-state index >= 15 is 0 Å². The first-order chi connectivity index (χ1) is 13.1. The molecule has 2 aromatic rings. The van der Waals surface area contributed by atoms with Gasteiger partial charge in [0.2, 0.25) is 0 Å². The van der Waals surface area contributed by atoms with Gasteiger partial charge >= 0.3 is 0 Å². The van der Waals surface area contributed by atoms with Crippen molar-refractivity contribution in [3.8, 4) is 0 Å². The van der Waals surface area contributed by atoms with Gasteiger partial charge < -0.3 is 4.90 Å². The van der Waals surface area contributed by atoms with Crippen molar-refractivity contribution in [1.29, 1.82) is 0 Å². The first kappa shape index (κ1) is 20.8. The zero-order valence-corrected chi connectivity index (χ0v) is 18.1. The molecule has 1 aliphatic rings. The summed E-state index contributed by atoms with van der Waals surface area (Å²) < 4.78 is 26.3. The number of hydrogen-bond donors (Lipinski definition) is 0. The fourth-order valence-corrected chi connectivity index (χ4v) is 5.05. The van der Waals surface area contributed by atoms with Gasteiger partial charge in [0.1, 0.15) is 0 Å². The molecule has 2 aromatic heterocycles. The molecule has 0 radical (unpaired) electrons. The molecule has 152 valence electrons. The van der Waals surface area contributed by atoms with E-state index in [1.54, 1.807) is 4.90 Å². The maximum Gasteiger partial charge on any atom is 0.257 e. The van der Waals surface area contributed by atoms with Gasteiger partial charge in [-0.15, -0.1) is 0 Å². The van der Waals surface area contributed by atoms with Crippen molar-refractivity contribution in [2.24, 2.45) is 0 Å². The van der Waals surface area contributed by atoms with E-state index in [-0.39, 0.29) is 21.7 Å². The van der Waals surface area contributed by atoms with Gasteiger partial charge in [-0.05, 0) is 39.7 Å². The molecule has 3 heterocycles. The monoisotopic (exact) mass is 424 g/mol. The van der Waals surface area contributed by atoms with E-state index in [1.807, 2.05) is 25.5 Å². The van der Waals surface area contributed by atoms with Crippen LogP contribution < -0.4 is 0 Å². The topological polar surface area (TPSA) is 85.2 Å². The van der Waals surface area contributed by atoms with Crippen LogP contribution in [-0.4, -0.2) is 53.3 Å². The minimum absolute atomic E-state index is 0.0609. The van der Waals surface area contributed by atoms with E-state index in [4.69, 9.17) is 11.6 Å². The number of rotatable bonds is 4. The van der Waals surface area contributed by atoms with Crippen molar-refractivity contribution in [3.63, 3.8) is 0 Å². The van der Waals surface area contributed by atoms with Crippen molar-refractivity contribution in [1.82, 2.24) is 19.7 Å². The Balaban J connectivity index is 1.92. The Labute approximate surface area is 170 Å². The second-order valence-corrected chi connectivity index (χ2v) is 9.68. The van der Waals surface area contributed by atoms with Gasteiger partial charge in [-0.25, -0.2) is 8.42 Å². The van der Waals surface area contributed by atoms with Gasteiger partial charge in [0.25, 0.3) is 5.91 Å². The lowest BCUT2D eigenvalue weighted by Gasteiger charge is -2.33. The molecule has 1 atom stereocenters. The highest BCUT2D eigenvalue weighted by molar-refractivity contribution is 7.90. The Kier molecular flexibility index (Phi) is 5.82. The van der Waals surface area contributed by atoms with Gasteiger partial charge in [-0.3, -0.25) is 14.5 Å². The van der Waals surface area contributed by atoms with E-state index in [9.17, 15) is 13.2 Å². The summed E-state index contributed by atoms with van der Waals surface area (Å²) in [6, 6.07) is 1.44. The molecule has 28 heavy (non-hydrogen) atoms. The van der Waals surface area contributed by atoms with Crippen LogP contribution in [0.4, 0.5) is 0 Å². The largest absolute Gasteiger partial charge is 0.338 e. The van der Waals surface area contributed by atoms with E-state index in [1.165, 1.54) is 12.3 Å². The van der Waals surface area contributed by atoms with Crippen LogP contribution in [0.15, 0.2) is 17.2 Å². The molecule has 1 amide bonds. The van der Waals surface area contributed by atoms with Gasteiger partial charge in [0, 0.05) is 43.7 Å². The third-order valence-corrected chi connectivity index (χ3v) is 6.57. The standard InChI is InChI=1S/C19H25ClN4O3S/c1-5-24-13(3)17(12(2)22-24)19(25)23-8-6-7-14(11-23)18-16(28(4,26)27)9-15(20)10-21-18/h9-10,14H,5-8,11H2,1-4H3/t14-/m0/s1. The minimum Gasteiger partial charge on any atom is -0.338 e. The van der Waals surface area contributed by atoms with Crippen LogP contribution in [0, 0.1) is 13.8 Å². The summed E-state index contributed by atoms with van der Waals surface area (Å²) in [5.74, 6) is -0.212. The zero-order valence-electron chi connectivity index (χ0n) is 16.6. The molecule has 0 unspecified atom stereocenters. The van der Waals surface area contributed by atoms with Crippen LogP contribution in [-0.2, 0) is 16.4 Å². The summed E-state index contributed by atoms with van der Waals surface area (Å²) in [5, 5.41) is 4.72. The van der Waals surface area contributed by atoms with Crippen molar-refractivity contribution in [2.45, 2.75) is 51.0 Å². The normalized spacial score (nSPS) is 17.8. The lowest BCUT2D eigenvalue weighted by Crippen LogP contribution is -2.40. The Morgan fingerprint density at radius 3 is 2.68 bits per heavy atom. The molecule has 0 saturated carbocycles. The summed E-state index contributed by atoms with van der Waals surface area (Å²) in [5.41, 5.74) is 2.69. The highest BCUT2D eigenvalue weighted by atomic mass is 35.5. The number of halogens is 1. The number of amides is 1. The van der Waals surface area contributed by atoms with Crippen molar-refractivity contribution in [3.05, 3.63) is 39.9 Å². The fraction of sp³-hybridized carbons (Fsp3) is 0.526. The summed E-state index contributed by atoms with van der Waals surface area (Å²) in [6.07, 6.45) is 4.17. The first-order valence-electron chi connectivity index (χ1n) is 9.32. The molecular weight excluding hydrogens is 400 g/mol. The predicted molar refractivity (Wildman–Crippen MR) is 108 cm³/mol. The number of nitrogens with zero attached hydrogens (tertiary/aromatic N) is 4. The van der Waals surface area contributed by atoms with Crippen LogP contribution >= 0.6 is 11.6 Å². The van der Waals surface area contributed by atoms with Crippen LogP contribution in [0.25, 0.3) is 0 Å². The number of aryl methyl sites for hydroxylation is 2. The molecule has 1 saturated heterocycles. The Morgan fingerprint density at radius 2 is 2.07 bits per heavy atom. The van der Waals surface area contributed by atoms with Gasteiger partial charge in [0.05, 0.1) is 26.9 Å². The van der Waals surface area contributed by atoms with E-state index in [2.05, 4.69) is 10.1 Å². The fourth-order valence-electron chi connectivity index (χ4n) is 3.89. The maximum atomic E-state index is 13.2. The molecule has 1 fully saturated rings. The number of sulfone groups is 1. The zero-order chi connectivity index (χ0) is 20.6. The number of carbonyl (C=O) groups is 1. The van der Waals surface area contributed by atoms with E-state index in [0.717, 1.165) is 24.8 Å². The lowest BCUT2D eigenvalue weighted by molar-refractivity contribution is 0.0703. The summed E-state index contributed by atoms with van der Waals surface area (Å²) >= 11 is 5.97. The van der Waals surface area contributed by atoms with Crippen molar-refractivity contribution >= 4 is 27.3 Å². The Morgan fingerprint density at radius 1 is 1.36 bits per heavy atom. The molecule has 0 aliphatic carbocycles. The highest BCUT2D eigenvalue weighted by Crippen LogP contribution is 2.32. The summed E-state index contributed by atoms with van der Waals surface area (Å²) in [4.78, 5) is 19.4. The van der Waals surface area contributed by atoms with Crippen LogP contribution in [0.2, 0.25) is 5.02 Å². The van der Waals surface area contributed by atoms with Crippen LogP contribution in [0.3, 0.4) is 0 Å². The smallest absolute Gasteiger partial charge is 0.257 e. The maximum absolute atomic E-state index is 13.2. The van der Waals surface area contributed by atoms with E-state index < -0.39 is 9.84 Å². The second-order valence-electron chi connectivity index (χ2n) is 7.26. The second kappa shape index (κ2) is 7.83. The lowest BCUT2D eigenvalue weighted by atomic mass is 9.93. The molecule has 1 aliphatic heterocycles. The number of pyridine rings is 1. The van der Waals surface area contributed by atoms with Crippen molar-refractivity contribution < 1.29 is 13.2 Å². The Bertz CT molecular complexity index is 1020. The van der Waals surface area contributed by atoms with E-state index in [0.29, 0.717) is 36.6 Å². The van der Waals surface area contributed by atoms with Crippen molar-refractivity contribution in [2.75, 3.05) is 19.3 Å². The minimum atomic E-state index is -3.47. The molecule has 0 spiro atoms. The average Bonchev–Trinajstić information content (AvgIpc) is 2.94.